The fourth-order valence-electron chi connectivity index (χ4n) is 6.68. The van der Waals surface area contributed by atoms with E-state index >= 15 is 0 Å². The van der Waals surface area contributed by atoms with E-state index in [2.05, 4.69) is 122 Å². The van der Waals surface area contributed by atoms with Crippen molar-refractivity contribution in [3.8, 4) is 23.5 Å². The molecule has 0 saturated carbocycles. The molecule has 0 spiro atoms. The van der Waals surface area contributed by atoms with Crippen molar-refractivity contribution in [2.24, 2.45) is 0 Å². The minimum atomic E-state index is -0.00589. The van der Waals surface area contributed by atoms with Crippen molar-refractivity contribution in [3.63, 3.8) is 0 Å². The normalized spacial score (nSPS) is 12.9. The average molecular weight is 526 g/mol. The molecule has 40 heavy (non-hydrogen) atoms. The van der Waals surface area contributed by atoms with Crippen LogP contribution in [0.2, 0.25) is 0 Å². The second kappa shape index (κ2) is 13.1. The Morgan fingerprint density at radius 3 is 1.62 bits per heavy atom. The molecule has 0 atom stereocenters. The van der Waals surface area contributed by atoms with Crippen molar-refractivity contribution in [1.29, 1.82) is 0 Å². The van der Waals surface area contributed by atoms with Crippen molar-refractivity contribution in [3.05, 3.63) is 114 Å². The molecule has 1 heteroatoms. The highest BCUT2D eigenvalue weighted by molar-refractivity contribution is 5.86. The SMILES string of the molecule is C#Cc1ccc2c(c1)C(CCCCCC)(CCCCCC)c1cc(N(c3ccccc3)c3ccccc3)ccc1-2. The Balaban J connectivity index is 1.67. The average Bonchev–Trinajstić information content (AvgIpc) is 3.27. The standard InChI is InChI=1S/C39H43N/c1-4-7-9-17-27-39(28-18-10-8-5-2)37-29-31(6-3)23-25-35(37)36-26-24-34(30-38(36)39)40(32-19-13-11-14-20-32)33-21-15-12-16-22-33/h3,11-16,19-26,29-30H,4-5,7-10,17-18,27-28H2,1-2H3. The van der Waals surface area contributed by atoms with E-state index in [1.54, 1.807) is 0 Å². The third-order valence-corrected chi connectivity index (χ3v) is 8.71. The fourth-order valence-corrected chi connectivity index (χ4v) is 6.68. The largest absolute Gasteiger partial charge is 0.310 e. The van der Waals surface area contributed by atoms with Gasteiger partial charge in [0.1, 0.15) is 0 Å². The summed E-state index contributed by atoms with van der Waals surface area (Å²) in [4.78, 5) is 2.40. The van der Waals surface area contributed by atoms with Gasteiger partial charge in [0, 0.05) is 28.0 Å². The summed E-state index contributed by atoms with van der Waals surface area (Å²) in [6.45, 7) is 4.60. The van der Waals surface area contributed by atoms with Crippen LogP contribution in [-0.2, 0) is 5.41 Å². The summed E-state index contributed by atoms with van der Waals surface area (Å²) in [7, 11) is 0. The molecule has 0 fully saturated rings. The third-order valence-electron chi connectivity index (χ3n) is 8.71. The number of para-hydroxylation sites is 2. The van der Waals surface area contributed by atoms with Gasteiger partial charge in [-0.1, -0.05) is 120 Å². The first kappa shape index (κ1) is 27.8. The molecule has 0 unspecified atom stereocenters. The Bertz CT molecular complexity index is 1380. The number of unbranched alkanes of at least 4 members (excludes halogenated alkanes) is 6. The minimum absolute atomic E-state index is 0.00589. The molecule has 4 aromatic rings. The van der Waals surface area contributed by atoms with Crippen LogP contribution in [0.25, 0.3) is 11.1 Å². The number of rotatable bonds is 13. The Kier molecular flexibility index (Phi) is 9.08. The Morgan fingerprint density at radius 2 is 1.10 bits per heavy atom. The summed E-state index contributed by atoms with van der Waals surface area (Å²) < 4.78 is 0. The van der Waals surface area contributed by atoms with Gasteiger partial charge in [-0.15, -0.1) is 6.42 Å². The van der Waals surface area contributed by atoms with Crippen LogP contribution in [0.1, 0.15) is 94.7 Å². The predicted molar refractivity (Wildman–Crippen MR) is 173 cm³/mol. The fraction of sp³-hybridized carbons (Fsp3) is 0.333. The highest BCUT2D eigenvalue weighted by atomic mass is 15.1. The van der Waals surface area contributed by atoms with E-state index in [0.29, 0.717) is 0 Å². The maximum absolute atomic E-state index is 5.95. The predicted octanol–water partition coefficient (Wildman–Crippen LogP) is 11.3. The van der Waals surface area contributed by atoms with Gasteiger partial charge in [-0.3, -0.25) is 0 Å². The minimum Gasteiger partial charge on any atom is -0.310 e. The number of terminal acetylenes is 1. The van der Waals surface area contributed by atoms with E-state index in [9.17, 15) is 0 Å². The topological polar surface area (TPSA) is 3.24 Å². The second-order valence-electron chi connectivity index (χ2n) is 11.3. The molecule has 0 N–H and O–H groups in total. The summed E-state index contributed by atoms with van der Waals surface area (Å²) in [5.74, 6) is 2.94. The lowest BCUT2D eigenvalue weighted by molar-refractivity contribution is 0.401. The molecule has 0 heterocycles. The van der Waals surface area contributed by atoms with Crippen LogP contribution < -0.4 is 4.90 Å². The zero-order valence-corrected chi connectivity index (χ0v) is 24.3. The summed E-state index contributed by atoms with van der Waals surface area (Å²) in [5, 5.41) is 0. The van der Waals surface area contributed by atoms with E-state index in [1.165, 1.54) is 104 Å². The van der Waals surface area contributed by atoms with E-state index in [4.69, 9.17) is 6.42 Å². The first-order valence-electron chi connectivity index (χ1n) is 15.4. The summed E-state index contributed by atoms with van der Waals surface area (Å²) >= 11 is 0. The molecule has 4 aromatic carbocycles. The van der Waals surface area contributed by atoms with Crippen LogP contribution in [0.4, 0.5) is 17.1 Å². The number of fused-ring (bicyclic) bond motifs is 3. The van der Waals surface area contributed by atoms with E-state index < -0.39 is 0 Å². The van der Waals surface area contributed by atoms with Crippen molar-refractivity contribution >= 4 is 17.1 Å². The van der Waals surface area contributed by atoms with Gasteiger partial charge in [-0.2, -0.15) is 0 Å². The molecule has 0 saturated heterocycles. The lowest BCUT2D eigenvalue weighted by Crippen LogP contribution is -2.26. The molecule has 204 valence electrons. The lowest BCUT2D eigenvalue weighted by atomic mass is 9.70. The van der Waals surface area contributed by atoms with Crippen LogP contribution in [0.3, 0.4) is 0 Å². The van der Waals surface area contributed by atoms with Crippen molar-refractivity contribution in [1.82, 2.24) is 0 Å². The van der Waals surface area contributed by atoms with Crippen LogP contribution in [0.15, 0.2) is 97.1 Å². The maximum atomic E-state index is 5.95. The molecule has 1 nitrogen and oxygen atoms in total. The summed E-state index contributed by atoms with van der Waals surface area (Å²) in [6.07, 6.45) is 18.5. The van der Waals surface area contributed by atoms with Crippen molar-refractivity contribution in [2.75, 3.05) is 4.90 Å². The summed E-state index contributed by atoms with van der Waals surface area (Å²) in [6, 6.07) is 35.4. The van der Waals surface area contributed by atoms with E-state index in [0.717, 1.165) is 5.56 Å². The van der Waals surface area contributed by atoms with Crippen LogP contribution in [0, 0.1) is 12.3 Å². The Hall–Kier alpha value is -3.76. The molecular weight excluding hydrogens is 482 g/mol. The first-order chi connectivity index (χ1) is 19.7. The van der Waals surface area contributed by atoms with Crippen LogP contribution in [-0.4, -0.2) is 0 Å². The molecule has 0 aromatic heterocycles. The van der Waals surface area contributed by atoms with Crippen molar-refractivity contribution in [2.45, 2.75) is 83.5 Å². The molecule has 0 bridgehead atoms. The molecular formula is C39H43N. The molecule has 1 aliphatic rings. The molecule has 0 amide bonds. The quantitative estimate of drug-likeness (QED) is 0.124. The third kappa shape index (κ3) is 5.59. The highest BCUT2D eigenvalue weighted by Crippen LogP contribution is 2.55. The Labute approximate surface area is 242 Å². The van der Waals surface area contributed by atoms with Crippen molar-refractivity contribution < 1.29 is 0 Å². The maximum Gasteiger partial charge on any atom is 0.0465 e. The van der Waals surface area contributed by atoms with Gasteiger partial charge in [0.25, 0.3) is 0 Å². The van der Waals surface area contributed by atoms with E-state index in [1.807, 2.05) is 0 Å². The highest BCUT2D eigenvalue weighted by Gasteiger charge is 2.42. The number of hydrogen-bond donors (Lipinski definition) is 0. The van der Waals surface area contributed by atoms with E-state index in [-0.39, 0.29) is 5.41 Å². The van der Waals surface area contributed by atoms with Crippen LogP contribution in [0.5, 0.6) is 0 Å². The zero-order chi connectivity index (χ0) is 27.8. The van der Waals surface area contributed by atoms with Gasteiger partial charge < -0.3 is 4.90 Å². The Morgan fingerprint density at radius 1 is 0.575 bits per heavy atom. The lowest BCUT2D eigenvalue weighted by Gasteiger charge is -2.34. The van der Waals surface area contributed by atoms with Gasteiger partial charge in [-0.05, 0) is 83.6 Å². The molecule has 5 rings (SSSR count). The van der Waals surface area contributed by atoms with Crippen LogP contribution >= 0.6 is 0 Å². The number of nitrogens with zero attached hydrogens (tertiary/aromatic N) is 1. The second-order valence-corrected chi connectivity index (χ2v) is 11.3. The summed E-state index contributed by atoms with van der Waals surface area (Å²) in [5.41, 5.74) is 10.3. The first-order valence-corrected chi connectivity index (χ1v) is 15.4. The molecule has 0 radical (unpaired) electrons. The monoisotopic (exact) mass is 525 g/mol. The smallest absolute Gasteiger partial charge is 0.0465 e. The number of anilines is 3. The van der Waals surface area contributed by atoms with Gasteiger partial charge in [0.2, 0.25) is 0 Å². The van der Waals surface area contributed by atoms with Gasteiger partial charge in [-0.25, -0.2) is 0 Å². The number of benzene rings is 4. The van der Waals surface area contributed by atoms with Gasteiger partial charge in [0.05, 0.1) is 0 Å². The van der Waals surface area contributed by atoms with Gasteiger partial charge in [0.15, 0.2) is 0 Å². The number of hydrogen-bond acceptors (Lipinski definition) is 1. The zero-order valence-electron chi connectivity index (χ0n) is 24.3. The van der Waals surface area contributed by atoms with Gasteiger partial charge >= 0.3 is 0 Å². The molecule has 1 aliphatic carbocycles. The molecule has 0 aliphatic heterocycles.